The monoisotopic (exact) mass is 832 g/mol. The number of hydrogen-bond donors (Lipinski definition) is 6. The van der Waals surface area contributed by atoms with Gasteiger partial charge in [0, 0.05) is 51.4 Å². The van der Waals surface area contributed by atoms with Crippen molar-refractivity contribution in [1.29, 1.82) is 0 Å². The first-order valence-corrected chi connectivity index (χ1v) is 20.4. The summed E-state index contributed by atoms with van der Waals surface area (Å²) in [6.45, 7) is 7.50. The normalized spacial score (nSPS) is 11.0. The van der Waals surface area contributed by atoms with Crippen LogP contribution in [0.25, 0.3) is 21.5 Å². The van der Waals surface area contributed by atoms with Crippen molar-refractivity contribution in [3.63, 3.8) is 0 Å². The summed E-state index contributed by atoms with van der Waals surface area (Å²) in [5.74, 6) is -2.62. The fraction of sp³-hybridized carbons (Fsp3) is 0.0943. The molecule has 6 N–H and O–H groups in total. The molecule has 8 aromatic rings. The Labute approximate surface area is 364 Å². The van der Waals surface area contributed by atoms with Crippen LogP contribution >= 0.6 is 0 Å². The van der Waals surface area contributed by atoms with Gasteiger partial charge in [-0.2, -0.15) is 0 Å². The Morgan fingerprint density at radius 3 is 1.02 bits per heavy atom. The number of aromatic hydroxyl groups is 2. The lowest BCUT2D eigenvalue weighted by atomic mass is 9.89. The minimum atomic E-state index is -0.593. The zero-order valence-electron chi connectivity index (χ0n) is 35.1. The van der Waals surface area contributed by atoms with E-state index < -0.39 is 11.8 Å². The number of benzene rings is 8. The molecule has 0 spiro atoms. The van der Waals surface area contributed by atoms with E-state index in [2.05, 4.69) is 21.3 Å². The summed E-state index contributed by atoms with van der Waals surface area (Å²) in [6, 6.07) is 42.4. The van der Waals surface area contributed by atoms with Gasteiger partial charge in [0.2, 0.25) is 0 Å². The van der Waals surface area contributed by atoms with Crippen LogP contribution in [0, 0.1) is 27.7 Å². The molecule has 0 heterocycles. The van der Waals surface area contributed by atoms with Gasteiger partial charge in [0.1, 0.15) is 11.5 Å². The van der Waals surface area contributed by atoms with Crippen molar-refractivity contribution < 1.29 is 29.4 Å². The third-order valence-electron chi connectivity index (χ3n) is 11.4. The van der Waals surface area contributed by atoms with Gasteiger partial charge in [-0.3, -0.25) is 19.2 Å². The van der Waals surface area contributed by atoms with Gasteiger partial charge in [0.15, 0.2) is 0 Å². The SMILES string of the molecule is Cc1ccccc1NC(=O)c1ccc2c(Cc3c(O)c(C(=O)Nc4ccccc4C)cc4cc(C(=O)Nc5ccccc5C)ccc34)c(O)c(C(=O)Nc3ccccc3C)cc2c1. The number of carbonyl (C=O) groups is 4. The number of hydrogen-bond acceptors (Lipinski definition) is 6. The van der Waals surface area contributed by atoms with Crippen LogP contribution in [0.2, 0.25) is 0 Å². The Bertz CT molecular complexity index is 2950. The molecule has 8 rings (SSSR count). The standard InChI is InChI=1S/C53H44N4O6/c1-30-13-5-9-17-44(30)54-50(60)34-21-23-38-36(25-34)27-42(52(62)56-46-19-11-7-15-32(46)3)48(58)40(38)29-41-39-24-22-35(51(61)55-45-18-10-6-14-31(45)2)26-37(39)28-43(49(41)59)53(63)57-47-20-12-8-16-33(47)4/h5-28,58-59H,29H2,1-4H3,(H,54,60)(H,55,61)(H,56,62)(H,57,63). The predicted molar refractivity (Wildman–Crippen MR) is 251 cm³/mol. The van der Waals surface area contributed by atoms with Crippen LogP contribution in [0.3, 0.4) is 0 Å². The van der Waals surface area contributed by atoms with Gasteiger partial charge in [-0.1, -0.05) is 84.9 Å². The van der Waals surface area contributed by atoms with Crippen LogP contribution in [-0.4, -0.2) is 33.8 Å². The summed E-state index contributed by atoms with van der Waals surface area (Å²) in [6.07, 6.45) is -0.162. The summed E-state index contributed by atoms with van der Waals surface area (Å²) in [5.41, 5.74) is 6.82. The lowest BCUT2D eigenvalue weighted by Crippen LogP contribution is -2.15. The van der Waals surface area contributed by atoms with E-state index in [1.807, 2.05) is 100 Å². The minimum Gasteiger partial charge on any atom is -0.507 e. The Morgan fingerprint density at radius 1 is 0.397 bits per heavy atom. The Hall–Kier alpha value is -8.24. The molecule has 0 aliphatic carbocycles. The van der Waals surface area contributed by atoms with Crippen molar-refractivity contribution in [2.75, 3.05) is 21.3 Å². The van der Waals surface area contributed by atoms with Crippen LogP contribution in [-0.2, 0) is 6.42 Å². The molecule has 0 unspecified atom stereocenters. The molecule has 312 valence electrons. The highest BCUT2D eigenvalue weighted by Crippen LogP contribution is 2.40. The second kappa shape index (κ2) is 17.4. The smallest absolute Gasteiger partial charge is 0.259 e. The molecule has 0 saturated heterocycles. The van der Waals surface area contributed by atoms with Crippen molar-refractivity contribution >= 4 is 67.9 Å². The molecule has 4 amide bonds. The number of nitrogens with one attached hydrogen (secondary N) is 4. The number of phenols is 2. The molecule has 0 radical (unpaired) electrons. The van der Waals surface area contributed by atoms with Gasteiger partial charge in [-0.25, -0.2) is 0 Å². The van der Waals surface area contributed by atoms with E-state index in [9.17, 15) is 29.4 Å². The third kappa shape index (κ3) is 8.55. The van der Waals surface area contributed by atoms with Gasteiger partial charge in [0.25, 0.3) is 23.6 Å². The first-order chi connectivity index (χ1) is 30.4. The van der Waals surface area contributed by atoms with E-state index in [4.69, 9.17) is 0 Å². The number of anilines is 4. The van der Waals surface area contributed by atoms with Crippen molar-refractivity contribution in [3.05, 3.63) is 201 Å². The molecule has 0 saturated carbocycles. The van der Waals surface area contributed by atoms with Crippen LogP contribution in [0.15, 0.2) is 146 Å². The van der Waals surface area contributed by atoms with Crippen molar-refractivity contribution in [3.8, 4) is 11.5 Å². The molecule has 0 atom stereocenters. The quantitative estimate of drug-likeness (QED) is 0.0805. The van der Waals surface area contributed by atoms with E-state index in [0.29, 0.717) is 55.4 Å². The van der Waals surface area contributed by atoms with Crippen LogP contribution < -0.4 is 21.3 Å². The van der Waals surface area contributed by atoms with E-state index in [-0.39, 0.29) is 52.0 Å². The molecule has 63 heavy (non-hydrogen) atoms. The summed E-state index contributed by atoms with van der Waals surface area (Å²) in [5, 5.41) is 38.0. The average molecular weight is 833 g/mol. The molecule has 8 aromatic carbocycles. The maximum Gasteiger partial charge on any atom is 0.259 e. The van der Waals surface area contributed by atoms with Gasteiger partial charge in [-0.05, 0) is 132 Å². The highest BCUT2D eigenvalue weighted by Gasteiger charge is 2.25. The number of rotatable bonds is 10. The molecular weight excluding hydrogens is 789 g/mol. The molecule has 0 aromatic heterocycles. The zero-order chi connectivity index (χ0) is 44.4. The summed E-state index contributed by atoms with van der Waals surface area (Å²) >= 11 is 0. The number of carbonyl (C=O) groups excluding carboxylic acids is 4. The number of phenolic OH excluding ortho intramolecular Hbond substituents is 2. The topological polar surface area (TPSA) is 157 Å². The number of amides is 4. The lowest BCUT2D eigenvalue weighted by molar-refractivity contribution is 0.101. The summed E-state index contributed by atoms with van der Waals surface area (Å²) in [7, 11) is 0. The highest BCUT2D eigenvalue weighted by atomic mass is 16.3. The largest absolute Gasteiger partial charge is 0.507 e. The molecule has 0 fully saturated rings. The molecular formula is C53H44N4O6. The Kier molecular flexibility index (Phi) is 11.5. The maximum absolute atomic E-state index is 14.1. The molecule has 10 heteroatoms. The lowest BCUT2D eigenvalue weighted by Gasteiger charge is -2.19. The van der Waals surface area contributed by atoms with Gasteiger partial charge in [0.05, 0.1) is 11.1 Å². The van der Waals surface area contributed by atoms with Crippen LogP contribution in [0.5, 0.6) is 11.5 Å². The predicted octanol–water partition coefficient (Wildman–Crippen LogP) is 11.2. The summed E-state index contributed by atoms with van der Waals surface area (Å²) in [4.78, 5) is 55.5. The molecule has 10 nitrogen and oxygen atoms in total. The van der Waals surface area contributed by atoms with Gasteiger partial charge < -0.3 is 31.5 Å². The van der Waals surface area contributed by atoms with Gasteiger partial charge in [-0.15, -0.1) is 0 Å². The third-order valence-corrected chi connectivity index (χ3v) is 11.4. The van der Waals surface area contributed by atoms with Crippen molar-refractivity contribution in [2.45, 2.75) is 34.1 Å². The first-order valence-electron chi connectivity index (χ1n) is 20.4. The number of fused-ring (bicyclic) bond motifs is 2. The first kappa shape index (κ1) is 41.5. The van der Waals surface area contributed by atoms with Gasteiger partial charge >= 0.3 is 0 Å². The Balaban J connectivity index is 1.28. The van der Waals surface area contributed by atoms with Crippen LogP contribution in [0.1, 0.15) is 74.8 Å². The van der Waals surface area contributed by atoms with E-state index in [1.165, 1.54) is 12.1 Å². The highest BCUT2D eigenvalue weighted by molar-refractivity contribution is 6.14. The maximum atomic E-state index is 14.1. The average Bonchev–Trinajstić information content (AvgIpc) is 3.27. The fourth-order valence-corrected chi connectivity index (χ4v) is 7.73. The summed E-state index contributed by atoms with van der Waals surface area (Å²) < 4.78 is 0. The fourth-order valence-electron chi connectivity index (χ4n) is 7.73. The van der Waals surface area contributed by atoms with Crippen LogP contribution in [0.4, 0.5) is 22.7 Å². The number of aryl methyl sites for hydroxylation is 4. The van der Waals surface area contributed by atoms with Crippen molar-refractivity contribution in [1.82, 2.24) is 0 Å². The number of para-hydroxylation sites is 4. The molecule has 0 aliphatic heterocycles. The van der Waals surface area contributed by atoms with E-state index >= 15 is 0 Å². The Morgan fingerprint density at radius 2 is 0.698 bits per heavy atom. The second-order valence-corrected chi connectivity index (χ2v) is 15.6. The van der Waals surface area contributed by atoms with Crippen molar-refractivity contribution in [2.24, 2.45) is 0 Å². The minimum absolute atomic E-state index is 0.0652. The van der Waals surface area contributed by atoms with E-state index in [1.54, 1.807) is 60.7 Å². The molecule has 0 bridgehead atoms. The van der Waals surface area contributed by atoms with E-state index in [0.717, 1.165) is 22.3 Å². The zero-order valence-corrected chi connectivity index (χ0v) is 35.1. The second-order valence-electron chi connectivity index (χ2n) is 15.6. The molecule has 0 aliphatic rings.